The summed E-state index contributed by atoms with van der Waals surface area (Å²) in [5, 5.41) is 2.08. The summed E-state index contributed by atoms with van der Waals surface area (Å²) in [6.45, 7) is 4.96. The van der Waals surface area contributed by atoms with Crippen LogP contribution in [0.15, 0.2) is 23.1 Å². The quantitative estimate of drug-likeness (QED) is 0.342. The van der Waals surface area contributed by atoms with Crippen molar-refractivity contribution in [2.75, 3.05) is 18.3 Å². The van der Waals surface area contributed by atoms with Crippen LogP contribution in [-0.4, -0.2) is 23.8 Å². The molecule has 2 N–H and O–H groups in total. The minimum absolute atomic E-state index is 0. The van der Waals surface area contributed by atoms with Gasteiger partial charge in [-0.3, -0.25) is 0 Å². The van der Waals surface area contributed by atoms with Gasteiger partial charge in [-0.1, -0.05) is 34.6 Å². The third kappa shape index (κ3) is 7.34. The fourth-order valence-electron chi connectivity index (χ4n) is 1.17. The van der Waals surface area contributed by atoms with Crippen molar-refractivity contribution in [3.05, 3.63) is 28.2 Å². The van der Waals surface area contributed by atoms with Gasteiger partial charge in [0, 0.05) is 9.92 Å². The predicted octanol–water partition coefficient (Wildman–Crippen LogP) is 5.25. The van der Waals surface area contributed by atoms with Crippen molar-refractivity contribution in [1.82, 2.24) is 0 Å². The molecule has 20 heavy (non-hydrogen) atoms. The highest BCUT2D eigenvalue weighted by Gasteiger charge is 2.18. The van der Waals surface area contributed by atoms with E-state index in [0.717, 1.165) is 9.98 Å². The van der Waals surface area contributed by atoms with Gasteiger partial charge in [0.1, 0.15) is 0 Å². The zero-order valence-corrected chi connectivity index (χ0v) is 16.0. The van der Waals surface area contributed by atoms with Crippen LogP contribution >= 0.6 is 52.0 Å². The molecule has 116 valence electrons. The number of hydrogen-bond acceptors (Lipinski definition) is 5. The lowest BCUT2D eigenvalue weighted by Gasteiger charge is -2.19. The first-order chi connectivity index (χ1) is 9.00. The number of thioether (sulfide) groups is 1. The summed E-state index contributed by atoms with van der Waals surface area (Å²) in [6, 6.07) is 5.41. The lowest BCUT2D eigenvalue weighted by molar-refractivity contribution is 0.280. The van der Waals surface area contributed by atoms with Gasteiger partial charge in [0.05, 0.1) is 23.3 Å². The second-order valence-electron chi connectivity index (χ2n) is 3.25. The van der Waals surface area contributed by atoms with Crippen molar-refractivity contribution in [2.45, 2.75) is 18.7 Å². The first kappa shape index (κ1) is 21.0. The molecule has 0 fully saturated rings. The van der Waals surface area contributed by atoms with Gasteiger partial charge in [-0.15, -0.1) is 11.8 Å². The van der Waals surface area contributed by atoms with Crippen LogP contribution in [0.5, 0.6) is 0 Å². The van der Waals surface area contributed by atoms with Crippen molar-refractivity contribution in [2.24, 2.45) is 0 Å². The molecule has 9 heteroatoms. The molecule has 0 unspecified atom stereocenters. The van der Waals surface area contributed by atoms with Crippen molar-refractivity contribution in [3.8, 4) is 0 Å². The largest absolute Gasteiger partial charge is 0.412 e. The van der Waals surface area contributed by atoms with Gasteiger partial charge in [-0.2, -0.15) is 0 Å². The zero-order chi connectivity index (χ0) is 14.3. The van der Waals surface area contributed by atoms with Crippen LogP contribution in [0.25, 0.3) is 0 Å². The molecule has 1 aromatic carbocycles. The predicted molar refractivity (Wildman–Crippen MR) is 95.9 cm³/mol. The third-order valence-electron chi connectivity index (χ3n) is 1.89. The molecule has 0 saturated heterocycles. The Morgan fingerprint density at radius 1 is 1.20 bits per heavy atom. The van der Waals surface area contributed by atoms with E-state index in [2.05, 4.69) is 0 Å². The molecular formula is C11H17Cl2O3PS3. The molecule has 0 aliphatic rings. The molecule has 0 amide bonds. The van der Waals surface area contributed by atoms with E-state index in [0.29, 0.717) is 23.3 Å². The number of halogens is 2. The molecule has 1 aromatic rings. The van der Waals surface area contributed by atoms with Gasteiger partial charge >= 0.3 is 0 Å². The van der Waals surface area contributed by atoms with Crippen molar-refractivity contribution >= 4 is 63.8 Å². The second-order valence-corrected chi connectivity index (χ2v) is 11.8. The van der Waals surface area contributed by atoms with Gasteiger partial charge in [-0.05, 0) is 43.9 Å². The number of rotatable bonds is 8. The standard InChI is InChI=1S/C11H15Cl2O2PS3.H2O/c1-3-14-16(17,15-4-2)19-8-18-11-7-9(12)5-6-10(11)13;/h5-7H,3-4,8H2,1-2H3;1H2. The van der Waals surface area contributed by atoms with E-state index < -0.39 is 5.69 Å². The molecule has 3 nitrogen and oxygen atoms in total. The van der Waals surface area contributed by atoms with E-state index in [4.69, 9.17) is 44.1 Å². The van der Waals surface area contributed by atoms with E-state index in [1.807, 2.05) is 19.9 Å². The number of benzene rings is 1. The average molecular weight is 395 g/mol. The summed E-state index contributed by atoms with van der Waals surface area (Å²) in [4.78, 5) is 0.941. The SMILES string of the molecule is CCOP(=S)(OCC)SCSc1cc(Cl)ccc1Cl.O. The molecule has 0 aliphatic carbocycles. The normalized spacial score (nSPS) is 11.2. The maximum Gasteiger partial charge on any atom is 0.248 e. The summed E-state index contributed by atoms with van der Waals surface area (Å²) in [5.74, 6) is 0. The molecule has 1 rings (SSSR count). The van der Waals surface area contributed by atoms with E-state index in [1.54, 1.807) is 23.9 Å². The Balaban J connectivity index is 0.00000361. The highest BCUT2D eigenvalue weighted by molar-refractivity contribution is 8.69. The third-order valence-corrected chi connectivity index (χ3v) is 9.69. The summed E-state index contributed by atoms with van der Waals surface area (Å²) in [7, 11) is 0. The second kappa shape index (κ2) is 10.7. The van der Waals surface area contributed by atoms with E-state index in [1.165, 1.54) is 11.4 Å². The van der Waals surface area contributed by atoms with Gasteiger partial charge in [0.2, 0.25) is 5.69 Å². The monoisotopic (exact) mass is 394 g/mol. The Morgan fingerprint density at radius 2 is 1.80 bits per heavy atom. The molecule has 0 aliphatic heterocycles. The van der Waals surface area contributed by atoms with Crippen LogP contribution in [-0.2, 0) is 20.9 Å². The van der Waals surface area contributed by atoms with Crippen LogP contribution in [0.2, 0.25) is 10.0 Å². The molecule has 0 heterocycles. The Morgan fingerprint density at radius 3 is 2.35 bits per heavy atom. The fourth-order valence-corrected chi connectivity index (χ4v) is 8.71. The van der Waals surface area contributed by atoms with Gasteiger partial charge in [0.25, 0.3) is 0 Å². The maximum atomic E-state index is 6.10. The van der Waals surface area contributed by atoms with Crippen molar-refractivity contribution < 1.29 is 14.5 Å². The highest BCUT2D eigenvalue weighted by Crippen LogP contribution is 2.62. The van der Waals surface area contributed by atoms with E-state index >= 15 is 0 Å². The molecule has 0 aromatic heterocycles. The smallest absolute Gasteiger partial charge is 0.248 e. The minimum Gasteiger partial charge on any atom is -0.412 e. The Hall–Kier alpha value is 1.03. The summed E-state index contributed by atoms with van der Waals surface area (Å²) < 4.78 is 11.1. The van der Waals surface area contributed by atoms with E-state index in [-0.39, 0.29) is 5.48 Å². The van der Waals surface area contributed by atoms with Crippen LogP contribution < -0.4 is 0 Å². The van der Waals surface area contributed by atoms with Crippen LogP contribution in [0.3, 0.4) is 0 Å². The zero-order valence-electron chi connectivity index (χ0n) is 11.1. The van der Waals surface area contributed by atoms with Crippen molar-refractivity contribution in [3.63, 3.8) is 0 Å². The van der Waals surface area contributed by atoms with Gasteiger partial charge < -0.3 is 14.5 Å². The van der Waals surface area contributed by atoms with E-state index in [9.17, 15) is 0 Å². The lowest BCUT2D eigenvalue weighted by Crippen LogP contribution is -1.92. The highest BCUT2D eigenvalue weighted by atomic mass is 35.5. The lowest BCUT2D eigenvalue weighted by atomic mass is 10.4. The molecule has 0 saturated carbocycles. The van der Waals surface area contributed by atoms with Crippen LogP contribution in [0, 0.1) is 0 Å². The summed E-state index contributed by atoms with van der Waals surface area (Å²) in [6.07, 6.45) is 0. The molecular weight excluding hydrogens is 378 g/mol. The number of hydrogen-bond donors (Lipinski definition) is 0. The van der Waals surface area contributed by atoms with Gasteiger partial charge in [-0.25, -0.2) is 0 Å². The van der Waals surface area contributed by atoms with Gasteiger partial charge in [0.15, 0.2) is 0 Å². The van der Waals surface area contributed by atoms with Crippen molar-refractivity contribution in [1.29, 1.82) is 0 Å². The Bertz CT molecular complexity index is 453. The average Bonchev–Trinajstić information content (AvgIpc) is 2.34. The Kier molecular flexibility index (Phi) is 11.3. The fraction of sp³-hybridized carbons (Fsp3) is 0.455. The summed E-state index contributed by atoms with van der Waals surface area (Å²) in [5.41, 5.74) is -2.23. The van der Waals surface area contributed by atoms with Crippen LogP contribution in [0.4, 0.5) is 0 Å². The molecule has 0 radical (unpaired) electrons. The maximum absolute atomic E-state index is 6.10. The molecule has 0 spiro atoms. The Labute approximate surface area is 143 Å². The first-order valence-electron chi connectivity index (χ1n) is 5.62. The van der Waals surface area contributed by atoms with Crippen LogP contribution in [0.1, 0.15) is 13.8 Å². The first-order valence-corrected chi connectivity index (χ1v) is 11.6. The molecule has 0 atom stereocenters. The summed E-state index contributed by atoms with van der Waals surface area (Å²) >= 11 is 20.6. The minimum atomic E-state index is -2.23. The molecule has 0 bridgehead atoms. The topological polar surface area (TPSA) is 50.0 Å².